The van der Waals surface area contributed by atoms with Crippen molar-refractivity contribution in [1.29, 1.82) is 0 Å². The molecule has 3 nitrogen and oxygen atoms in total. The van der Waals surface area contributed by atoms with E-state index in [4.69, 9.17) is 4.74 Å². The summed E-state index contributed by atoms with van der Waals surface area (Å²) in [7, 11) is -0.429. The van der Waals surface area contributed by atoms with Crippen LogP contribution in [0.25, 0.3) is 0 Å². The molecule has 0 atom stereocenters. The average Bonchev–Trinajstić information content (AvgIpc) is 2.44. The molecule has 1 heterocycles. The maximum absolute atomic E-state index is 5.53. The van der Waals surface area contributed by atoms with E-state index in [0.29, 0.717) is 6.73 Å². The summed E-state index contributed by atoms with van der Waals surface area (Å²) in [6, 6.07) is 0. The van der Waals surface area contributed by atoms with Crippen LogP contribution in [0, 0.1) is 3.57 Å². The zero-order chi connectivity index (χ0) is 10.6. The van der Waals surface area contributed by atoms with Crippen LogP contribution in [0.15, 0.2) is 12.4 Å². The van der Waals surface area contributed by atoms with Gasteiger partial charge in [0.2, 0.25) is 0 Å². The van der Waals surface area contributed by atoms with Crippen LogP contribution in [0.1, 0.15) is 0 Å². The Morgan fingerprint density at radius 2 is 2.21 bits per heavy atom. The summed E-state index contributed by atoms with van der Waals surface area (Å²) in [5.74, 6) is 1.16. The Hall–Kier alpha value is 0.250. The second kappa shape index (κ2) is 5.37. The predicted octanol–water partition coefficient (Wildman–Crippen LogP) is 2.16. The fourth-order valence-corrected chi connectivity index (χ4v) is 1.94. The SMILES string of the molecule is CS(C)(C)CCOCn1cc(I)cn1. The van der Waals surface area contributed by atoms with Gasteiger partial charge in [0.05, 0.1) is 16.4 Å². The lowest BCUT2D eigenvalue weighted by Gasteiger charge is -2.24. The van der Waals surface area contributed by atoms with E-state index < -0.39 is 10.0 Å². The highest BCUT2D eigenvalue weighted by Gasteiger charge is 2.03. The molecule has 0 spiro atoms. The Bertz CT molecular complexity index is 283. The van der Waals surface area contributed by atoms with Crippen LogP contribution in [0.2, 0.25) is 0 Å². The number of ether oxygens (including phenoxy) is 1. The molecule has 0 N–H and O–H groups in total. The van der Waals surface area contributed by atoms with E-state index in [1.165, 1.54) is 0 Å². The van der Waals surface area contributed by atoms with Gasteiger partial charge in [-0.3, -0.25) is 0 Å². The van der Waals surface area contributed by atoms with Gasteiger partial charge in [0.25, 0.3) is 0 Å². The molecule has 0 aliphatic heterocycles. The maximum Gasteiger partial charge on any atom is 0.139 e. The van der Waals surface area contributed by atoms with Gasteiger partial charge in [-0.15, -0.1) is 0 Å². The second-order valence-corrected chi connectivity index (χ2v) is 9.87. The summed E-state index contributed by atoms with van der Waals surface area (Å²) in [6.07, 6.45) is 10.7. The van der Waals surface area contributed by atoms with Crippen molar-refractivity contribution in [2.24, 2.45) is 0 Å². The fourth-order valence-electron chi connectivity index (χ4n) is 0.876. The third kappa shape index (κ3) is 5.21. The van der Waals surface area contributed by atoms with Crippen molar-refractivity contribution in [3.05, 3.63) is 16.0 Å². The Balaban J connectivity index is 2.16. The van der Waals surface area contributed by atoms with Crippen molar-refractivity contribution >= 4 is 32.6 Å². The lowest BCUT2D eigenvalue weighted by molar-refractivity contribution is 0.0809. The summed E-state index contributed by atoms with van der Waals surface area (Å²) in [5.41, 5.74) is 0. The van der Waals surface area contributed by atoms with Crippen LogP contribution in [-0.2, 0) is 11.5 Å². The van der Waals surface area contributed by atoms with Gasteiger partial charge in [0, 0.05) is 11.9 Å². The first-order valence-corrected chi connectivity index (χ1v) is 8.50. The molecule has 0 aliphatic carbocycles. The van der Waals surface area contributed by atoms with Gasteiger partial charge in [-0.1, -0.05) is 0 Å². The molecule has 0 radical (unpaired) electrons. The van der Waals surface area contributed by atoms with E-state index in [1.54, 1.807) is 0 Å². The molecular formula is C9H17IN2OS. The largest absolute Gasteiger partial charge is 0.358 e. The molecule has 5 heteroatoms. The second-order valence-electron chi connectivity index (χ2n) is 4.03. The number of nitrogens with zero attached hydrogens (tertiary/aromatic N) is 2. The Morgan fingerprint density at radius 3 is 2.71 bits per heavy atom. The zero-order valence-electron chi connectivity index (χ0n) is 8.86. The summed E-state index contributed by atoms with van der Waals surface area (Å²) in [4.78, 5) is 0. The van der Waals surface area contributed by atoms with E-state index in [1.807, 2.05) is 17.1 Å². The molecule has 0 saturated heterocycles. The Kier molecular flexibility index (Phi) is 4.72. The fraction of sp³-hybridized carbons (Fsp3) is 0.667. The summed E-state index contributed by atoms with van der Waals surface area (Å²) < 4.78 is 8.49. The quantitative estimate of drug-likeness (QED) is 0.612. The van der Waals surface area contributed by atoms with E-state index >= 15 is 0 Å². The van der Waals surface area contributed by atoms with Gasteiger partial charge < -0.3 is 4.74 Å². The first-order valence-electron chi connectivity index (χ1n) is 4.39. The monoisotopic (exact) mass is 328 g/mol. The molecule has 0 bridgehead atoms. The van der Waals surface area contributed by atoms with Crippen molar-refractivity contribution in [2.75, 3.05) is 31.1 Å². The minimum absolute atomic E-state index is 0.429. The van der Waals surface area contributed by atoms with Gasteiger partial charge >= 0.3 is 0 Å². The lowest BCUT2D eigenvalue weighted by Crippen LogP contribution is -2.10. The molecule has 0 amide bonds. The van der Waals surface area contributed by atoms with E-state index in [2.05, 4.69) is 46.5 Å². The molecule has 14 heavy (non-hydrogen) atoms. The van der Waals surface area contributed by atoms with Crippen molar-refractivity contribution in [3.63, 3.8) is 0 Å². The van der Waals surface area contributed by atoms with Crippen LogP contribution < -0.4 is 0 Å². The predicted molar refractivity (Wildman–Crippen MR) is 71.1 cm³/mol. The highest BCUT2D eigenvalue weighted by atomic mass is 127. The van der Waals surface area contributed by atoms with Crippen molar-refractivity contribution in [3.8, 4) is 0 Å². The smallest absolute Gasteiger partial charge is 0.139 e. The van der Waals surface area contributed by atoms with E-state index in [9.17, 15) is 0 Å². The zero-order valence-corrected chi connectivity index (χ0v) is 11.8. The molecule has 1 rings (SSSR count). The molecule has 1 aromatic rings. The first-order chi connectivity index (χ1) is 6.47. The Labute approximate surface area is 101 Å². The molecule has 0 aromatic carbocycles. The number of halogens is 1. The average molecular weight is 328 g/mol. The Morgan fingerprint density at radius 1 is 1.50 bits per heavy atom. The molecule has 82 valence electrons. The van der Waals surface area contributed by atoms with E-state index in [-0.39, 0.29) is 0 Å². The van der Waals surface area contributed by atoms with Crippen LogP contribution in [0.4, 0.5) is 0 Å². The number of hydrogen-bond donors (Lipinski definition) is 0. The maximum atomic E-state index is 5.53. The van der Waals surface area contributed by atoms with Gasteiger partial charge in [0.15, 0.2) is 0 Å². The summed E-state index contributed by atoms with van der Waals surface area (Å²) in [6.45, 7) is 1.40. The first kappa shape index (κ1) is 12.3. The van der Waals surface area contributed by atoms with Crippen LogP contribution >= 0.6 is 32.6 Å². The normalized spacial score (nSPS) is 13.1. The third-order valence-corrected chi connectivity index (χ3v) is 3.61. The minimum atomic E-state index is -0.429. The van der Waals surface area contributed by atoms with Gasteiger partial charge in [-0.25, -0.2) is 14.7 Å². The van der Waals surface area contributed by atoms with E-state index in [0.717, 1.165) is 15.9 Å². The topological polar surface area (TPSA) is 27.1 Å². The van der Waals surface area contributed by atoms with Crippen LogP contribution in [-0.4, -0.2) is 40.9 Å². The van der Waals surface area contributed by atoms with Crippen molar-refractivity contribution in [1.82, 2.24) is 9.78 Å². The standard InChI is InChI=1S/C9H17IN2OS/c1-14(2,3)5-4-13-8-12-7-9(10)6-11-12/h6-7H,4-5,8H2,1-3H3. The number of aromatic nitrogens is 2. The van der Waals surface area contributed by atoms with Crippen LogP contribution in [0.3, 0.4) is 0 Å². The van der Waals surface area contributed by atoms with Gasteiger partial charge in [0.1, 0.15) is 6.73 Å². The highest BCUT2D eigenvalue weighted by Crippen LogP contribution is 2.33. The summed E-state index contributed by atoms with van der Waals surface area (Å²) >= 11 is 2.24. The minimum Gasteiger partial charge on any atom is -0.358 e. The number of rotatable bonds is 5. The highest BCUT2D eigenvalue weighted by molar-refractivity contribution is 14.1. The van der Waals surface area contributed by atoms with Crippen molar-refractivity contribution < 1.29 is 4.74 Å². The number of hydrogen-bond acceptors (Lipinski definition) is 2. The molecule has 1 aromatic heterocycles. The van der Waals surface area contributed by atoms with Crippen molar-refractivity contribution in [2.45, 2.75) is 6.73 Å². The van der Waals surface area contributed by atoms with Crippen LogP contribution in [0.5, 0.6) is 0 Å². The van der Waals surface area contributed by atoms with Gasteiger partial charge in [-0.2, -0.15) is 5.10 Å². The molecular weight excluding hydrogens is 311 g/mol. The summed E-state index contributed by atoms with van der Waals surface area (Å²) in [5, 5.41) is 4.14. The molecule has 0 aliphatic rings. The third-order valence-electron chi connectivity index (χ3n) is 1.67. The molecule has 0 unspecified atom stereocenters. The molecule has 0 saturated carbocycles. The van der Waals surface area contributed by atoms with Gasteiger partial charge in [-0.05, 0) is 41.4 Å². The lowest BCUT2D eigenvalue weighted by atomic mass is 10.7. The molecule has 0 fully saturated rings.